The molecule has 1 heterocycles. The number of alkyl halides is 28. The van der Waals surface area contributed by atoms with Gasteiger partial charge in [-0.2, -0.15) is 105 Å². The molecule has 0 radical (unpaired) electrons. The molecule has 1 nitrogen and oxygen atoms in total. The van der Waals surface area contributed by atoms with Gasteiger partial charge in [0.05, 0.1) is 11.1 Å². The van der Waals surface area contributed by atoms with Gasteiger partial charge in [0.25, 0.3) is 0 Å². The van der Waals surface area contributed by atoms with Crippen LogP contribution in [-0.2, 0) is 22.7 Å². The van der Waals surface area contributed by atoms with Crippen LogP contribution < -0.4 is 0 Å². The highest BCUT2D eigenvalue weighted by molar-refractivity contribution is 5.49. The Kier molecular flexibility index (Phi) is 9.47. The van der Waals surface area contributed by atoms with E-state index >= 15 is 4.39 Å². The first-order chi connectivity index (χ1) is 19.9. The van der Waals surface area contributed by atoms with Gasteiger partial charge in [-0.1, -0.05) is 0 Å². The van der Waals surface area contributed by atoms with E-state index in [1.54, 1.807) is 0 Å². The molecule has 1 aromatic heterocycles. The van der Waals surface area contributed by atoms with Crippen molar-refractivity contribution in [3.63, 3.8) is 0 Å². The van der Waals surface area contributed by atoms with Gasteiger partial charge in [0.1, 0.15) is 17.2 Å². The van der Waals surface area contributed by atoms with E-state index in [2.05, 4.69) is 0 Å². The van der Waals surface area contributed by atoms with Gasteiger partial charge in [0.15, 0.2) is 0 Å². The molecule has 0 N–H and O–H groups in total. The normalized spacial score (nSPS) is 16.2. The molecular formula is C17F29N. The molecule has 1 aromatic rings. The van der Waals surface area contributed by atoms with Crippen LogP contribution >= 0.6 is 0 Å². The Morgan fingerprint density at radius 2 is 0.404 bits per heavy atom. The predicted molar refractivity (Wildman–Crippen MR) is 83.8 cm³/mol. The molecule has 0 atom stereocenters. The van der Waals surface area contributed by atoms with E-state index in [1.807, 2.05) is 0 Å². The summed E-state index contributed by atoms with van der Waals surface area (Å²) in [6.07, 6.45) is -69.3. The number of rotatable bonds is 4. The monoisotopic (exact) mass is 769 g/mol. The number of hydrogen-bond acceptors (Lipinski definition) is 1. The van der Waals surface area contributed by atoms with Gasteiger partial charge in [0, 0.05) is 0 Å². The van der Waals surface area contributed by atoms with Crippen LogP contribution in [0.5, 0.6) is 0 Å². The van der Waals surface area contributed by atoms with Crippen molar-refractivity contribution >= 4 is 0 Å². The highest BCUT2D eigenvalue weighted by Crippen LogP contribution is 2.65. The lowest BCUT2D eigenvalue weighted by atomic mass is 9.78. The molecular weight excluding hydrogens is 769 g/mol. The largest absolute Gasteiger partial charge is 0.437 e. The van der Waals surface area contributed by atoms with Crippen molar-refractivity contribution in [2.45, 2.75) is 72.1 Å². The summed E-state index contributed by atoms with van der Waals surface area (Å²) in [4.78, 5) is 0.0798. The third kappa shape index (κ3) is 5.70. The Labute approximate surface area is 234 Å². The quantitative estimate of drug-likeness (QED) is 0.278. The third-order valence-corrected chi connectivity index (χ3v) is 5.60. The number of halogens is 29. The zero-order valence-electron chi connectivity index (χ0n) is 19.9. The maximum Gasteiger partial charge on any atom is 0.437 e. The first kappa shape index (κ1) is 42.1. The van der Waals surface area contributed by atoms with Gasteiger partial charge in [-0.05, 0) is 0 Å². The Hall–Kier alpha value is -2.88. The standard InChI is InChI=1S/C17F29N/c18-3-1(6(19,10(23,24)25)11(26,27)28)4(8(21,14(35,36)37)15(38,39)40)47-5(9(22,16(41,42)43)17(44,45)46)2(3)7(20,12(29,30)31)13(32,33)34. The van der Waals surface area contributed by atoms with Crippen LogP contribution in [0.1, 0.15) is 22.5 Å². The molecule has 0 aliphatic rings. The molecule has 0 saturated carbocycles. The minimum atomic E-state index is -8.89. The molecule has 47 heavy (non-hydrogen) atoms. The van der Waals surface area contributed by atoms with Crippen LogP contribution in [0.2, 0.25) is 0 Å². The summed E-state index contributed by atoms with van der Waals surface area (Å²) in [5, 5.41) is 0. The third-order valence-electron chi connectivity index (χ3n) is 5.60. The zero-order chi connectivity index (χ0) is 38.6. The average molecular weight is 769 g/mol. The Morgan fingerprint density at radius 1 is 0.255 bits per heavy atom. The van der Waals surface area contributed by atoms with Crippen LogP contribution in [0.15, 0.2) is 0 Å². The molecule has 0 spiro atoms. The Morgan fingerprint density at radius 3 is 0.532 bits per heavy atom. The molecule has 0 aliphatic heterocycles. The van der Waals surface area contributed by atoms with Crippen molar-refractivity contribution in [3.05, 3.63) is 28.3 Å². The molecule has 276 valence electrons. The highest BCUT2D eigenvalue weighted by Gasteiger charge is 2.85. The van der Waals surface area contributed by atoms with Crippen molar-refractivity contribution in [2.24, 2.45) is 0 Å². The lowest BCUT2D eigenvalue weighted by molar-refractivity contribution is -0.366. The summed E-state index contributed by atoms with van der Waals surface area (Å²) in [5.74, 6) is -6.13. The van der Waals surface area contributed by atoms with Gasteiger partial charge in [-0.3, -0.25) is 0 Å². The summed E-state index contributed by atoms with van der Waals surface area (Å²) in [6, 6.07) is 0. The molecule has 0 unspecified atom stereocenters. The van der Waals surface area contributed by atoms with E-state index in [0.29, 0.717) is 0 Å². The van der Waals surface area contributed by atoms with Crippen LogP contribution in [0.4, 0.5) is 127 Å². The average Bonchev–Trinajstić information content (AvgIpc) is 2.75. The molecule has 0 amide bonds. The SMILES string of the molecule is Fc1c(C(F)(C(F)(F)F)C(F)(F)F)c(C(F)(C(F)(F)F)C(F)(F)F)nc(C(F)(C(F)(F)F)C(F)(F)F)c1C(F)(C(F)(F)F)C(F)(F)F. The van der Waals surface area contributed by atoms with Crippen molar-refractivity contribution in [3.8, 4) is 0 Å². The summed E-state index contributed by atoms with van der Waals surface area (Å²) >= 11 is 0. The van der Waals surface area contributed by atoms with E-state index < -0.39 is 100 Å². The second-order valence-corrected chi connectivity index (χ2v) is 8.49. The molecule has 0 aromatic carbocycles. The molecule has 1 rings (SSSR count). The maximum atomic E-state index is 15.2. The Bertz CT molecular complexity index is 1160. The van der Waals surface area contributed by atoms with E-state index in [1.165, 1.54) is 0 Å². The van der Waals surface area contributed by atoms with E-state index in [-0.39, 0.29) is 4.98 Å². The summed E-state index contributed by atoms with van der Waals surface area (Å²) in [7, 11) is 0. The van der Waals surface area contributed by atoms with E-state index in [4.69, 9.17) is 0 Å². The lowest BCUT2D eigenvalue weighted by Crippen LogP contribution is -2.60. The van der Waals surface area contributed by atoms with Crippen LogP contribution in [0, 0.1) is 5.82 Å². The molecule has 0 aliphatic carbocycles. The van der Waals surface area contributed by atoms with Gasteiger partial charge in [0.2, 0.25) is 0 Å². The molecule has 0 saturated heterocycles. The summed E-state index contributed by atoms with van der Waals surface area (Å²) in [6.45, 7) is 0. The van der Waals surface area contributed by atoms with Gasteiger partial charge in [-0.15, -0.1) is 0 Å². The van der Waals surface area contributed by atoms with Crippen LogP contribution in [0.3, 0.4) is 0 Å². The van der Waals surface area contributed by atoms with Gasteiger partial charge < -0.3 is 0 Å². The second-order valence-electron chi connectivity index (χ2n) is 8.49. The molecule has 0 fully saturated rings. The number of hydrogen-bond donors (Lipinski definition) is 0. The summed E-state index contributed by atoms with van der Waals surface area (Å²) < 4.78 is 393. The lowest BCUT2D eigenvalue weighted by Gasteiger charge is -2.40. The highest BCUT2D eigenvalue weighted by atomic mass is 19.5. The van der Waals surface area contributed by atoms with Crippen LogP contribution in [-0.4, -0.2) is 54.4 Å². The van der Waals surface area contributed by atoms with Crippen molar-refractivity contribution in [2.75, 3.05) is 0 Å². The number of nitrogens with zero attached hydrogens (tertiary/aromatic N) is 1. The van der Waals surface area contributed by atoms with Crippen LogP contribution in [0.25, 0.3) is 0 Å². The predicted octanol–water partition coefficient (Wildman–Crippen LogP) is 10.4. The number of pyridine rings is 1. The zero-order valence-corrected chi connectivity index (χ0v) is 19.9. The van der Waals surface area contributed by atoms with Crippen molar-refractivity contribution in [1.29, 1.82) is 0 Å². The first-order valence-electron chi connectivity index (χ1n) is 9.93. The minimum Gasteiger partial charge on any atom is -0.248 e. The fourth-order valence-corrected chi connectivity index (χ4v) is 3.43. The fourth-order valence-electron chi connectivity index (χ4n) is 3.43. The van der Waals surface area contributed by atoms with Crippen molar-refractivity contribution in [1.82, 2.24) is 4.98 Å². The fraction of sp³-hybridized carbons (Fsp3) is 0.706. The molecule has 0 bridgehead atoms. The summed E-state index contributed by atoms with van der Waals surface area (Å²) in [5.41, 5.74) is -59.3. The van der Waals surface area contributed by atoms with Crippen molar-refractivity contribution < 1.29 is 127 Å². The van der Waals surface area contributed by atoms with Gasteiger partial charge in [-0.25, -0.2) is 26.9 Å². The van der Waals surface area contributed by atoms with E-state index in [0.717, 1.165) is 0 Å². The first-order valence-corrected chi connectivity index (χ1v) is 9.93. The van der Waals surface area contributed by atoms with E-state index in [9.17, 15) is 123 Å². The van der Waals surface area contributed by atoms with Gasteiger partial charge >= 0.3 is 72.1 Å². The Balaban J connectivity index is 5.52. The second kappa shape index (κ2) is 10.6. The minimum absolute atomic E-state index is 0.0798. The topological polar surface area (TPSA) is 12.9 Å². The smallest absolute Gasteiger partial charge is 0.248 e. The number of aromatic nitrogens is 1. The molecule has 30 heteroatoms. The maximum absolute atomic E-state index is 15.2.